The second-order valence-corrected chi connectivity index (χ2v) is 4.89. The smallest absolute Gasteiger partial charge is 0.306 e. The number of methoxy groups -OCH3 is 1. The van der Waals surface area contributed by atoms with Crippen molar-refractivity contribution in [1.82, 2.24) is 14.9 Å². The minimum absolute atomic E-state index is 0.0980. The molecular weight excluding hydrogens is 270 g/mol. The van der Waals surface area contributed by atoms with Crippen LogP contribution in [0.4, 0.5) is 0 Å². The Morgan fingerprint density at radius 3 is 2.81 bits per heavy atom. The van der Waals surface area contributed by atoms with Crippen LogP contribution in [-0.4, -0.2) is 28.5 Å². The zero-order chi connectivity index (χ0) is 15.4. The van der Waals surface area contributed by atoms with Crippen molar-refractivity contribution >= 4 is 22.9 Å². The Kier molecular flexibility index (Phi) is 4.57. The van der Waals surface area contributed by atoms with Crippen molar-refractivity contribution in [2.75, 3.05) is 7.11 Å². The van der Waals surface area contributed by atoms with Crippen molar-refractivity contribution in [3.05, 3.63) is 29.6 Å². The Balaban J connectivity index is 1.94. The number of imidazole rings is 1. The summed E-state index contributed by atoms with van der Waals surface area (Å²) < 4.78 is 6.52. The summed E-state index contributed by atoms with van der Waals surface area (Å²) in [5, 5.41) is 2.78. The molecule has 1 N–H and O–H groups in total. The summed E-state index contributed by atoms with van der Waals surface area (Å²) in [5.74, 6) is 0.400. The predicted octanol–water partition coefficient (Wildman–Crippen LogP) is 1.45. The maximum Gasteiger partial charge on any atom is 0.306 e. The number of aromatic nitrogens is 2. The van der Waals surface area contributed by atoms with E-state index in [1.165, 1.54) is 7.11 Å². The molecule has 6 heteroatoms. The van der Waals surface area contributed by atoms with E-state index in [9.17, 15) is 9.59 Å². The van der Waals surface area contributed by atoms with Crippen LogP contribution in [-0.2, 0) is 27.9 Å². The Bertz CT molecular complexity index is 676. The van der Waals surface area contributed by atoms with Gasteiger partial charge in [-0.1, -0.05) is 6.07 Å². The van der Waals surface area contributed by atoms with Gasteiger partial charge in [0.05, 0.1) is 24.6 Å². The van der Waals surface area contributed by atoms with Crippen LogP contribution in [0.1, 0.15) is 24.2 Å². The number of nitrogens with one attached hydrogen (secondary N) is 1. The molecule has 1 aromatic carbocycles. The van der Waals surface area contributed by atoms with E-state index in [4.69, 9.17) is 0 Å². The van der Waals surface area contributed by atoms with E-state index in [-0.39, 0.29) is 24.7 Å². The molecule has 0 radical (unpaired) electrons. The van der Waals surface area contributed by atoms with Crippen molar-refractivity contribution in [2.24, 2.45) is 7.05 Å². The summed E-state index contributed by atoms with van der Waals surface area (Å²) in [5.41, 5.74) is 2.96. The lowest BCUT2D eigenvalue weighted by Crippen LogP contribution is -2.23. The molecule has 2 rings (SSSR count). The number of amides is 1. The number of hydrogen-bond acceptors (Lipinski definition) is 4. The minimum atomic E-state index is -0.379. The van der Waals surface area contributed by atoms with E-state index in [2.05, 4.69) is 15.0 Å². The first-order valence-electron chi connectivity index (χ1n) is 6.76. The Morgan fingerprint density at radius 2 is 2.10 bits per heavy atom. The topological polar surface area (TPSA) is 73.2 Å². The lowest BCUT2D eigenvalue weighted by atomic mass is 10.2. The molecule has 0 bridgehead atoms. The molecule has 0 fully saturated rings. The van der Waals surface area contributed by atoms with Crippen LogP contribution in [0.3, 0.4) is 0 Å². The summed E-state index contributed by atoms with van der Waals surface area (Å²) >= 11 is 0. The molecule has 0 saturated carbocycles. The second-order valence-electron chi connectivity index (χ2n) is 4.89. The van der Waals surface area contributed by atoms with E-state index in [0.717, 1.165) is 22.4 Å². The van der Waals surface area contributed by atoms with Crippen molar-refractivity contribution in [2.45, 2.75) is 26.3 Å². The van der Waals surface area contributed by atoms with Gasteiger partial charge in [0.15, 0.2) is 0 Å². The fourth-order valence-electron chi connectivity index (χ4n) is 2.08. The molecule has 1 amide bonds. The fourth-order valence-corrected chi connectivity index (χ4v) is 2.08. The molecule has 112 valence electrons. The minimum Gasteiger partial charge on any atom is -0.469 e. The maximum absolute atomic E-state index is 11.6. The normalized spacial score (nSPS) is 10.6. The van der Waals surface area contributed by atoms with Crippen LogP contribution in [0.2, 0.25) is 0 Å². The number of fused-ring (bicyclic) bond motifs is 1. The Labute approximate surface area is 123 Å². The van der Waals surface area contributed by atoms with Crippen LogP contribution in [0.25, 0.3) is 11.0 Å². The molecule has 0 spiro atoms. The van der Waals surface area contributed by atoms with E-state index >= 15 is 0 Å². The van der Waals surface area contributed by atoms with Gasteiger partial charge in [-0.25, -0.2) is 4.98 Å². The predicted molar refractivity (Wildman–Crippen MR) is 78.5 cm³/mol. The first kappa shape index (κ1) is 15.0. The van der Waals surface area contributed by atoms with Gasteiger partial charge in [0.1, 0.15) is 5.82 Å². The van der Waals surface area contributed by atoms with Crippen LogP contribution >= 0.6 is 0 Å². The van der Waals surface area contributed by atoms with E-state index in [1.807, 2.05) is 36.7 Å². The van der Waals surface area contributed by atoms with Gasteiger partial charge in [0.25, 0.3) is 0 Å². The first-order valence-corrected chi connectivity index (χ1v) is 6.76. The van der Waals surface area contributed by atoms with E-state index in [1.54, 1.807) is 0 Å². The molecule has 1 heterocycles. The summed E-state index contributed by atoms with van der Waals surface area (Å²) in [4.78, 5) is 27.0. The third kappa shape index (κ3) is 3.59. The Hall–Kier alpha value is -2.37. The fraction of sp³-hybridized carbons (Fsp3) is 0.400. The largest absolute Gasteiger partial charge is 0.469 e. The van der Waals surface area contributed by atoms with Crippen LogP contribution < -0.4 is 5.32 Å². The maximum atomic E-state index is 11.6. The highest BCUT2D eigenvalue weighted by molar-refractivity contribution is 5.81. The number of esters is 1. The molecule has 0 aliphatic rings. The zero-order valence-electron chi connectivity index (χ0n) is 12.5. The molecule has 21 heavy (non-hydrogen) atoms. The van der Waals surface area contributed by atoms with Gasteiger partial charge in [0, 0.05) is 20.0 Å². The highest BCUT2D eigenvalue weighted by Crippen LogP contribution is 2.16. The van der Waals surface area contributed by atoms with Gasteiger partial charge in [0.2, 0.25) is 5.91 Å². The number of nitrogens with zero attached hydrogens (tertiary/aromatic N) is 2. The third-order valence-corrected chi connectivity index (χ3v) is 3.44. The van der Waals surface area contributed by atoms with Crippen molar-refractivity contribution < 1.29 is 14.3 Å². The van der Waals surface area contributed by atoms with Crippen LogP contribution in [0, 0.1) is 6.92 Å². The van der Waals surface area contributed by atoms with Gasteiger partial charge >= 0.3 is 5.97 Å². The lowest BCUT2D eigenvalue weighted by molar-refractivity contribution is -0.142. The summed E-state index contributed by atoms with van der Waals surface area (Å²) in [6, 6.07) is 5.91. The number of benzene rings is 1. The number of carbonyl (C=O) groups is 2. The molecule has 0 atom stereocenters. The number of carbonyl (C=O) groups excluding carboxylic acids is 2. The summed E-state index contributed by atoms with van der Waals surface area (Å²) in [6.07, 6.45) is 0.235. The SMILES string of the molecule is COC(=O)CCC(=O)NCc1ccc2c(c1)nc(C)n2C. The molecule has 6 nitrogen and oxygen atoms in total. The Morgan fingerprint density at radius 1 is 1.33 bits per heavy atom. The van der Waals surface area contributed by atoms with Gasteiger partial charge in [-0.2, -0.15) is 0 Å². The van der Waals surface area contributed by atoms with E-state index < -0.39 is 0 Å². The average Bonchev–Trinajstić information content (AvgIpc) is 2.77. The highest BCUT2D eigenvalue weighted by Gasteiger charge is 2.08. The number of hydrogen-bond donors (Lipinski definition) is 1. The van der Waals surface area contributed by atoms with Crippen molar-refractivity contribution in [3.8, 4) is 0 Å². The highest BCUT2D eigenvalue weighted by atomic mass is 16.5. The molecule has 0 unspecified atom stereocenters. The third-order valence-electron chi connectivity index (χ3n) is 3.44. The van der Waals surface area contributed by atoms with Gasteiger partial charge in [-0.05, 0) is 24.6 Å². The number of ether oxygens (including phenoxy) is 1. The van der Waals surface area contributed by atoms with Crippen molar-refractivity contribution in [1.29, 1.82) is 0 Å². The standard InChI is InChI=1S/C15H19N3O3/c1-10-17-12-8-11(4-5-13(12)18(10)2)9-16-14(19)6-7-15(20)21-3/h4-5,8H,6-7,9H2,1-3H3,(H,16,19). The van der Waals surface area contributed by atoms with Gasteiger partial charge in [-0.15, -0.1) is 0 Å². The molecule has 0 saturated heterocycles. The first-order chi connectivity index (χ1) is 10.0. The monoisotopic (exact) mass is 289 g/mol. The number of rotatable bonds is 5. The average molecular weight is 289 g/mol. The molecule has 1 aromatic heterocycles. The van der Waals surface area contributed by atoms with Crippen LogP contribution in [0.15, 0.2) is 18.2 Å². The summed E-state index contributed by atoms with van der Waals surface area (Å²) in [7, 11) is 3.28. The van der Waals surface area contributed by atoms with E-state index in [0.29, 0.717) is 6.54 Å². The van der Waals surface area contributed by atoms with Gasteiger partial charge < -0.3 is 14.6 Å². The van der Waals surface area contributed by atoms with Gasteiger partial charge in [-0.3, -0.25) is 9.59 Å². The van der Waals surface area contributed by atoms with Crippen LogP contribution in [0.5, 0.6) is 0 Å². The second kappa shape index (κ2) is 6.39. The molecule has 0 aliphatic heterocycles. The number of aryl methyl sites for hydroxylation is 2. The zero-order valence-corrected chi connectivity index (χ0v) is 12.5. The quantitative estimate of drug-likeness (QED) is 0.846. The van der Waals surface area contributed by atoms with Crippen molar-refractivity contribution in [3.63, 3.8) is 0 Å². The molecule has 0 aliphatic carbocycles. The molecular formula is C15H19N3O3. The molecule has 2 aromatic rings. The lowest BCUT2D eigenvalue weighted by Gasteiger charge is -2.05. The summed E-state index contributed by atoms with van der Waals surface area (Å²) in [6.45, 7) is 2.37.